The summed E-state index contributed by atoms with van der Waals surface area (Å²) in [6, 6.07) is 59.1. The third-order valence-electron chi connectivity index (χ3n) is 10.2. The highest BCUT2D eigenvalue weighted by Gasteiger charge is 2.23. The number of hydrogen-bond acceptors (Lipinski definition) is 4. The van der Waals surface area contributed by atoms with Gasteiger partial charge in [-0.2, -0.15) is 9.97 Å². The molecule has 0 bridgehead atoms. The van der Waals surface area contributed by atoms with E-state index in [1.807, 2.05) is 30.3 Å². The number of fused-ring (bicyclic) bond motifs is 9. The van der Waals surface area contributed by atoms with E-state index in [0.717, 1.165) is 71.4 Å². The molecule has 0 aliphatic carbocycles. The van der Waals surface area contributed by atoms with Gasteiger partial charge in [-0.3, -0.25) is 4.57 Å². The first-order valence-corrected chi connectivity index (χ1v) is 17.5. The fourth-order valence-corrected chi connectivity index (χ4v) is 7.86. The number of nitrogens with zero attached hydrogens (tertiary/aromatic N) is 4. The molecule has 0 atom stereocenters. The maximum atomic E-state index is 6.62. The third-order valence-corrected chi connectivity index (χ3v) is 10.2. The van der Waals surface area contributed by atoms with Gasteiger partial charge in [-0.1, -0.05) is 152 Å². The molecule has 3 heterocycles. The fraction of sp³-hybridized carbons (Fsp3) is 0. The lowest BCUT2D eigenvalue weighted by atomic mass is 9.98. The molecule has 0 saturated carbocycles. The minimum atomic E-state index is 0.552. The molecule has 52 heavy (non-hydrogen) atoms. The van der Waals surface area contributed by atoms with Gasteiger partial charge in [0.15, 0.2) is 11.6 Å². The average Bonchev–Trinajstić information content (AvgIpc) is 3.77. The van der Waals surface area contributed by atoms with Gasteiger partial charge in [0, 0.05) is 43.8 Å². The van der Waals surface area contributed by atoms with Crippen LogP contribution in [0.25, 0.3) is 105 Å². The van der Waals surface area contributed by atoms with E-state index in [2.05, 4.69) is 144 Å². The predicted octanol–water partition coefficient (Wildman–Crippen LogP) is 12.2. The lowest BCUT2D eigenvalue weighted by molar-refractivity contribution is 0.670. The summed E-state index contributed by atoms with van der Waals surface area (Å²) in [5.41, 5.74) is 7.66. The zero-order chi connectivity index (χ0) is 34.2. The second-order valence-electron chi connectivity index (χ2n) is 13.2. The second kappa shape index (κ2) is 11.2. The number of para-hydroxylation sites is 3. The van der Waals surface area contributed by atoms with Crippen molar-refractivity contribution >= 4 is 65.3 Å². The van der Waals surface area contributed by atoms with Crippen LogP contribution in [0, 0.1) is 0 Å². The quantitative estimate of drug-likeness (QED) is 0.188. The van der Waals surface area contributed by atoms with Gasteiger partial charge in [-0.05, 0) is 39.7 Å². The summed E-state index contributed by atoms with van der Waals surface area (Å²) in [6.07, 6.45) is 0. The van der Waals surface area contributed by atoms with Crippen molar-refractivity contribution in [1.82, 2.24) is 19.5 Å². The van der Waals surface area contributed by atoms with Crippen LogP contribution in [-0.2, 0) is 0 Å². The molecule has 0 spiro atoms. The van der Waals surface area contributed by atoms with Crippen LogP contribution in [0.4, 0.5) is 0 Å². The molecule has 5 heteroatoms. The highest BCUT2D eigenvalue weighted by molar-refractivity contribution is 6.24. The molecule has 11 aromatic rings. The van der Waals surface area contributed by atoms with Crippen LogP contribution < -0.4 is 0 Å². The number of furan rings is 1. The Morgan fingerprint density at radius 3 is 1.94 bits per heavy atom. The van der Waals surface area contributed by atoms with Crippen molar-refractivity contribution in [2.45, 2.75) is 0 Å². The van der Waals surface area contributed by atoms with Crippen LogP contribution in [0.5, 0.6) is 0 Å². The molecule has 242 valence electrons. The van der Waals surface area contributed by atoms with Crippen molar-refractivity contribution in [2.24, 2.45) is 0 Å². The van der Waals surface area contributed by atoms with Gasteiger partial charge in [-0.15, -0.1) is 0 Å². The van der Waals surface area contributed by atoms with E-state index in [4.69, 9.17) is 19.4 Å². The smallest absolute Gasteiger partial charge is 0.238 e. The Morgan fingerprint density at radius 2 is 1.08 bits per heavy atom. The van der Waals surface area contributed by atoms with Crippen LogP contribution >= 0.6 is 0 Å². The van der Waals surface area contributed by atoms with Crippen molar-refractivity contribution in [1.29, 1.82) is 0 Å². The predicted molar refractivity (Wildman–Crippen MR) is 213 cm³/mol. The topological polar surface area (TPSA) is 56.7 Å². The zero-order valence-corrected chi connectivity index (χ0v) is 27.9. The molecule has 0 radical (unpaired) electrons. The molecule has 5 nitrogen and oxygen atoms in total. The molecule has 0 saturated heterocycles. The van der Waals surface area contributed by atoms with E-state index in [-0.39, 0.29) is 0 Å². The first-order chi connectivity index (χ1) is 25.8. The molecule has 0 N–H and O–H groups in total. The first-order valence-electron chi connectivity index (χ1n) is 17.5. The lowest BCUT2D eigenvalue weighted by Crippen LogP contribution is -2.07. The van der Waals surface area contributed by atoms with Gasteiger partial charge in [0.25, 0.3) is 0 Å². The molecule has 0 aliphatic rings. The summed E-state index contributed by atoms with van der Waals surface area (Å²) in [5.74, 6) is 1.78. The van der Waals surface area contributed by atoms with Crippen molar-refractivity contribution in [3.63, 3.8) is 0 Å². The van der Waals surface area contributed by atoms with Gasteiger partial charge in [0.1, 0.15) is 11.2 Å². The van der Waals surface area contributed by atoms with E-state index in [1.165, 1.54) is 16.2 Å². The van der Waals surface area contributed by atoms with Crippen LogP contribution in [-0.4, -0.2) is 19.5 Å². The standard InChI is InChI=1S/C47H28N4O/c1-2-14-31(15-3-1)45-48-46(33-25-24-29-12-4-5-16-32(29)28-33)50-47(49-45)51-40-27-26-30-13-6-7-17-34(30)42(40)39-22-10-19-36(43(39)51)38-21-11-20-37-35-18-8-9-23-41(35)52-44(37)38/h1-28H. The Hall–Kier alpha value is -7.11. The molecular weight excluding hydrogens is 637 g/mol. The summed E-state index contributed by atoms with van der Waals surface area (Å²) in [6.45, 7) is 0. The Bertz CT molecular complexity index is 3190. The number of hydrogen-bond donors (Lipinski definition) is 0. The highest BCUT2D eigenvalue weighted by atomic mass is 16.3. The number of aromatic nitrogens is 4. The zero-order valence-electron chi connectivity index (χ0n) is 27.9. The van der Waals surface area contributed by atoms with Gasteiger partial charge in [-0.25, -0.2) is 4.98 Å². The Kier molecular flexibility index (Phi) is 6.18. The van der Waals surface area contributed by atoms with Crippen molar-refractivity contribution in [2.75, 3.05) is 0 Å². The van der Waals surface area contributed by atoms with Gasteiger partial charge in [0.2, 0.25) is 5.95 Å². The minimum Gasteiger partial charge on any atom is -0.455 e. The van der Waals surface area contributed by atoms with E-state index in [0.29, 0.717) is 17.6 Å². The number of benzene rings is 8. The molecule has 11 rings (SSSR count). The van der Waals surface area contributed by atoms with Crippen molar-refractivity contribution in [3.8, 4) is 39.9 Å². The number of rotatable bonds is 4. The van der Waals surface area contributed by atoms with Crippen LogP contribution in [0.15, 0.2) is 174 Å². The van der Waals surface area contributed by atoms with Gasteiger partial charge in [0.05, 0.1) is 11.0 Å². The maximum Gasteiger partial charge on any atom is 0.238 e. The highest BCUT2D eigenvalue weighted by Crippen LogP contribution is 2.44. The van der Waals surface area contributed by atoms with Crippen molar-refractivity contribution < 1.29 is 4.42 Å². The summed E-state index contributed by atoms with van der Waals surface area (Å²) in [7, 11) is 0. The van der Waals surface area contributed by atoms with E-state index in [1.54, 1.807) is 0 Å². The van der Waals surface area contributed by atoms with E-state index >= 15 is 0 Å². The average molecular weight is 665 g/mol. The van der Waals surface area contributed by atoms with Gasteiger partial charge >= 0.3 is 0 Å². The summed E-state index contributed by atoms with van der Waals surface area (Å²) >= 11 is 0. The SMILES string of the molecule is c1ccc(-c2nc(-c3ccc4ccccc4c3)nc(-n3c4ccc5ccccc5c4c4cccc(-c5cccc6c5oc5ccccc56)c43)n2)cc1. The lowest BCUT2D eigenvalue weighted by Gasteiger charge is -2.13. The first kappa shape index (κ1) is 28.7. The Labute approximate surface area is 298 Å². The Morgan fingerprint density at radius 1 is 0.423 bits per heavy atom. The van der Waals surface area contributed by atoms with Crippen LogP contribution in [0.1, 0.15) is 0 Å². The molecule has 0 unspecified atom stereocenters. The molecule has 0 aliphatic heterocycles. The third kappa shape index (κ3) is 4.33. The van der Waals surface area contributed by atoms with Crippen LogP contribution in [0.3, 0.4) is 0 Å². The minimum absolute atomic E-state index is 0.552. The summed E-state index contributed by atoms with van der Waals surface area (Å²) < 4.78 is 8.84. The normalized spacial score (nSPS) is 11.8. The molecule has 3 aromatic heterocycles. The van der Waals surface area contributed by atoms with Gasteiger partial charge < -0.3 is 4.42 Å². The monoisotopic (exact) mass is 664 g/mol. The Balaban J connectivity index is 1.28. The largest absolute Gasteiger partial charge is 0.455 e. The fourth-order valence-electron chi connectivity index (χ4n) is 7.86. The molecule has 8 aromatic carbocycles. The van der Waals surface area contributed by atoms with Crippen molar-refractivity contribution in [3.05, 3.63) is 170 Å². The van der Waals surface area contributed by atoms with E-state index in [9.17, 15) is 0 Å². The second-order valence-corrected chi connectivity index (χ2v) is 13.2. The van der Waals surface area contributed by atoms with E-state index < -0.39 is 0 Å². The molecule has 0 fully saturated rings. The summed E-state index contributed by atoms with van der Waals surface area (Å²) in [5, 5.41) is 9.11. The maximum absolute atomic E-state index is 6.62. The summed E-state index contributed by atoms with van der Waals surface area (Å²) in [4.78, 5) is 15.7. The van der Waals surface area contributed by atoms with Crippen LogP contribution in [0.2, 0.25) is 0 Å². The molecular formula is C47H28N4O. The molecule has 0 amide bonds.